The number of rotatable bonds is 4. The third-order valence-electron chi connectivity index (χ3n) is 6.92. The van der Waals surface area contributed by atoms with E-state index in [0.717, 1.165) is 91.3 Å². The van der Waals surface area contributed by atoms with Crippen molar-refractivity contribution in [2.24, 2.45) is 9.98 Å². The molecule has 5 heterocycles. The lowest BCUT2D eigenvalue weighted by atomic mass is 10.0. The Labute approximate surface area is 231 Å². The van der Waals surface area contributed by atoms with Gasteiger partial charge in [-0.1, -0.05) is 36.4 Å². The van der Waals surface area contributed by atoms with Crippen molar-refractivity contribution in [1.29, 1.82) is 0 Å². The Hall–Kier alpha value is -4.92. The standard InChI is InChI=1S/C29H27N7.C2H4O2/c1-10-30-28(31-11-1)23-9-14-36-18-26(35-27(36)17-23)20-5-3-19(4-6-20)21-7-8-22-16-25(34-24(22)15-21)29-32-12-2-13-33-29;1-2(3)4/h3-9,14-18,34H,1-2,10-13H2,(H,30,31)(H,32,33);1H3,(H,3,4). The number of hydrogen-bond donors (Lipinski definition) is 4. The fourth-order valence-electron chi connectivity index (χ4n) is 4.97. The van der Waals surface area contributed by atoms with Crippen LogP contribution >= 0.6 is 0 Å². The summed E-state index contributed by atoms with van der Waals surface area (Å²) in [4.78, 5) is 26.7. The fourth-order valence-corrected chi connectivity index (χ4v) is 4.97. The van der Waals surface area contributed by atoms with Crippen LogP contribution in [-0.4, -0.2) is 63.3 Å². The maximum Gasteiger partial charge on any atom is 0.300 e. The monoisotopic (exact) mass is 533 g/mol. The molecular formula is C31H31N7O2. The Morgan fingerprint density at radius 1 is 0.825 bits per heavy atom. The van der Waals surface area contributed by atoms with Crippen molar-refractivity contribution in [1.82, 2.24) is 25.0 Å². The number of fused-ring (bicyclic) bond motifs is 2. The minimum absolute atomic E-state index is 0.833. The van der Waals surface area contributed by atoms with Crippen molar-refractivity contribution in [3.05, 3.63) is 84.3 Å². The lowest BCUT2D eigenvalue weighted by molar-refractivity contribution is -0.134. The Kier molecular flexibility index (Phi) is 7.01. The van der Waals surface area contributed by atoms with Gasteiger partial charge < -0.3 is 25.1 Å². The van der Waals surface area contributed by atoms with E-state index in [0.29, 0.717) is 0 Å². The van der Waals surface area contributed by atoms with E-state index in [2.05, 4.69) is 103 Å². The van der Waals surface area contributed by atoms with Crippen LogP contribution in [0.15, 0.2) is 83.0 Å². The third kappa shape index (κ3) is 5.44. The molecule has 2 aromatic carbocycles. The molecule has 9 heteroatoms. The minimum atomic E-state index is -0.833. The topological polar surface area (TPSA) is 119 Å². The van der Waals surface area contributed by atoms with Gasteiger partial charge in [0.2, 0.25) is 0 Å². The molecule has 40 heavy (non-hydrogen) atoms. The maximum atomic E-state index is 9.00. The van der Waals surface area contributed by atoms with Crippen LogP contribution in [-0.2, 0) is 4.79 Å². The van der Waals surface area contributed by atoms with Gasteiger partial charge in [0.15, 0.2) is 0 Å². The molecule has 0 radical (unpaired) electrons. The number of H-pyrrole nitrogens is 1. The first-order chi connectivity index (χ1) is 19.5. The quantitative estimate of drug-likeness (QED) is 0.267. The normalized spacial score (nSPS) is 14.9. The van der Waals surface area contributed by atoms with E-state index < -0.39 is 5.97 Å². The number of nitrogens with one attached hydrogen (secondary N) is 3. The van der Waals surface area contributed by atoms with Crippen molar-refractivity contribution in [2.45, 2.75) is 19.8 Å². The first-order valence-electron chi connectivity index (χ1n) is 13.5. The summed E-state index contributed by atoms with van der Waals surface area (Å²) in [5.74, 6) is 1.10. The summed E-state index contributed by atoms with van der Waals surface area (Å²) in [7, 11) is 0. The molecule has 2 aliphatic heterocycles. The number of carboxylic acid groups (broad SMARTS) is 1. The Balaban J connectivity index is 0.000000680. The van der Waals surface area contributed by atoms with Crippen molar-refractivity contribution in [3.63, 3.8) is 0 Å². The molecule has 9 nitrogen and oxygen atoms in total. The van der Waals surface area contributed by atoms with E-state index in [-0.39, 0.29) is 0 Å². The zero-order valence-corrected chi connectivity index (χ0v) is 22.3. The van der Waals surface area contributed by atoms with E-state index in [1.165, 1.54) is 16.5 Å². The van der Waals surface area contributed by atoms with Crippen LogP contribution in [0.2, 0.25) is 0 Å². The van der Waals surface area contributed by atoms with Crippen LogP contribution in [0.25, 0.3) is 38.9 Å². The molecule has 5 aromatic rings. The molecule has 0 saturated heterocycles. The summed E-state index contributed by atoms with van der Waals surface area (Å²) in [6.45, 7) is 4.80. The average molecular weight is 534 g/mol. The van der Waals surface area contributed by atoms with Crippen LogP contribution in [0.1, 0.15) is 31.0 Å². The van der Waals surface area contributed by atoms with Crippen LogP contribution in [0.4, 0.5) is 0 Å². The zero-order valence-electron chi connectivity index (χ0n) is 22.3. The van der Waals surface area contributed by atoms with Gasteiger partial charge in [-0.25, -0.2) is 4.98 Å². The predicted molar refractivity (Wildman–Crippen MR) is 159 cm³/mol. The molecule has 0 spiro atoms. The molecule has 0 aliphatic carbocycles. The van der Waals surface area contributed by atoms with Crippen LogP contribution in [0.5, 0.6) is 0 Å². The molecule has 0 atom stereocenters. The van der Waals surface area contributed by atoms with Gasteiger partial charge >= 0.3 is 0 Å². The number of nitrogens with zero attached hydrogens (tertiary/aromatic N) is 4. The summed E-state index contributed by atoms with van der Waals surface area (Å²) in [6, 6.07) is 21.6. The van der Waals surface area contributed by atoms with Crippen molar-refractivity contribution in [3.8, 4) is 22.4 Å². The highest BCUT2D eigenvalue weighted by Crippen LogP contribution is 2.28. The van der Waals surface area contributed by atoms with Gasteiger partial charge in [0.25, 0.3) is 5.97 Å². The molecular weight excluding hydrogens is 502 g/mol. The number of carbonyl (C=O) groups is 1. The van der Waals surface area contributed by atoms with E-state index >= 15 is 0 Å². The molecule has 0 fully saturated rings. The van der Waals surface area contributed by atoms with Crippen LogP contribution in [0.3, 0.4) is 0 Å². The number of amidine groups is 2. The first kappa shape index (κ1) is 25.4. The van der Waals surface area contributed by atoms with Gasteiger partial charge in [0, 0.05) is 67.5 Å². The Morgan fingerprint density at radius 3 is 2.20 bits per heavy atom. The summed E-state index contributed by atoms with van der Waals surface area (Å²) in [6.07, 6.45) is 6.32. The van der Waals surface area contributed by atoms with Crippen molar-refractivity contribution >= 4 is 34.2 Å². The smallest absolute Gasteiger partial charge is 0.300 e. The molecule has 202 valence electrons. The van der Waals surface area contributed by atoms with Crippen LogP contribution in [0, 0.1) is 0 Å². The molecule has 3 aromatic heterocycles. The van der Waals surface area contributed by atoms with Gasteiger partial charge in [0.1, 0.15) is 17.3 Å². The van der Waals surface area contributed by atoms with Crippen molar-refractivity contribution < 1.29 is 9.90 Å². The lowest BCUT2D eigenvalue weighted by Gasteiger charge is -2.14. The molecule has 4 N–H and O–H groups in total. The lowest BCUT2D eigenvalue weighted by Crippen LogP contribution is -2.30. The van der Waals surface area contributed by atoms with Gasteiger partial charge in [-0.3, -0.25) is 14.8 Å². The highest BCUT2D eigenvalue weighted by molar-refractivity contribution is 6.02. The summed E-state index contributed by atoms with van der Waals surface area (Å²) in [5, 5.41) is 15.4. The number of carboxylic acids is 1. The average Bonchev–Trinajstić information content (AvgIpc) is 3.62. The number of benzene rings is 2. The molecule has 0 bridgehead atoms. The van der Waals surface area contributed by atoms with E-state index in [1.807, 2.05) is 0 Å². The fraction of sp³-hybridized carbons (Fsp3) is 0.226. The second-order valence-electron chi connectivity index (χ2n) is 9.91. The minimum Gasteiger partial charge on any atom is -0.481 e. The number of aliphatic imine (C=N–C) groups is 2. The van der Waals surface area contributed by atoms with Gasteiger partial charge in [-0.15, -0.1) is 0 Å². The number of pyridine rings is 1. The van der Waals surface area contributed by atoms with Crippen LogP contribution < -0.4 is 10.6 Å². The number of aromatic nitrogens is 3. The SMILES string of the molecule is CC(=O)O.c1cn2cc(-c3ccc(-c4ccc5cc(C6=NCCCN6)[nH]c5c4)cc3)nc2cc1C1=NCCCN1. The van der Waals surface area contributed by atoms with Gasteiger partial charge in [-0.2, -0.15) is 0 Å². The first-order valence-corrected chi connectivity index (χ1v) is 13.5. The summed E-state index contributed by atoms with van der Waals surface area (Å²) < 4.78 is 2.07. The number of hydrogen-bond acceptors (Lipinski definition) is 6. The van der Waals surface area contributed by atoms with E-state index in [1.54, 1.807) is 0 Å². The Morgan fingerprint density at radius 2 is 1.50 bits per heavy atom. The van der Waals surface area contributed by atoms with E-state index in [9.17, 15) is 0 Å². The van der Waals surface area contributed by atoms with E-state index in [4.69, 9.17) is 14.9 Å². The molecule has 0 amide bonds. The van der Waals surface area contributed by atoms with Gasteiger partial charge in [0.05, 0.1) is 11.4 Å². The number of aromatic amines is 1. The molecule has 2 aliphatic rings. The molecule has 7 rings (SSSR count). The maximum absolute atomic E-state index is 9.00. The summed E-state index contributed by atoms with van der Waals surface area (Å²) >= 11 is 0. The predicted octanol–water partition coefficient (Wildman–Crippen LogP) is 4.72. The summed E-state index contributed by atoms with van der Waals surface area (Å²) in [5.41, 5.74) is 8.60. The second-order valence-corrected chi connectivity index (χ2v) is 9.91. The molecule has 0 unspecified atom stereocenters. The third-order valence-corrected chi connectivity index (χ3v) is 6.92. The second kappa shape index (κ2) is 11.1. The zero-order chi connectivity index (χ0) is 27.5. The number of aliphatic carboxylic acids is 1. The molecule has 0 saturated carbocycles. The van der Waals surface area contributed by atoms with Crippen molar-refractivity contribution in [2.75, 3.05) is 26.2 Å². The highest BCUT2D eigenvalue weighted by atomic mass is 16.4. The number of imidazole rings is 1. The Bertz CT molecular complexity index is 1700. The largest absolute Gasteiger partial charge is 0.481 e. The van der Waals surface area contributed by atoms with Gasteiger partial charge in [-0.05, 0) is 48.2 Å². The highest BCUT2D eigenvalue weighted by Gasteiger charge is 2.12.